The molecule has 0 heterocycles. The first-order valence-corrected chi connectivity index (χ1v) is 5.60. The van der Waals surface area contributed by atoms with Crippen LogP contribution in [0.3, 0.4) is 0 Å². The number of phenols is 1. The molecule has 0 spiro atoms. The Labute approximate surface area is 105 Å². The Bertz CT molecular complexity index is 421. The molecule has 98 valence electrons. The van der Waals surface area contributed by atoms with E-state index in [-0.39, 0.29) is 11.3 Å². The number of amides is 1. The van der Waals surface area contributed by atoms with Crippen LogP contribution in [0, 0.1) is 5.82 Å². The van der Waals surface area contributed by atoms with Gasteiger partial charge in [-0.15, -0.1) is 6.58 Å². The molecule has 1 aromatic carbocycles. The zero-order chi connectivity index (χ0) is 13.4. The van der Waals surface area contributed by atoms with E-state index >= 15 is 0 Å². The van der Waals surface area contributed by atoms with E-state index < -0.39 is 11.7 Å². The fourth-order valence-electron chi connectivity index (χ4n) is 1.30. The summed E-state index contributed by atoms with van der Waals surface area (Å²) in [6, 6.07) is 3.25. The first kappa shape index (κ1) is 14.2. The van der Waals surface area contributed by atoms with Crippen molar-refractivity contribution in [3.63, 3.8) is 0 Å². The largest absolute Gasteiger partial charge is 0.507 e. The van der Waals surface area contributed by atoms with Crippen molar-refractivity contribution in [2.75, 3.05) is 19.8 Å². The van der Waals surface area contributed by atoms with Gasteiger partial charge in [0.25, 0.3) is 5.91 Å². The van der Waals surface area contributed by atoms with Gasteiger partial charge in [0.2, 0.25) is 0 Å². The van der Waals surface area contributed by atoms with Crippen LogP contribution >= 0.6 is 0 Å². The van der Waals surface area contributed by atoms with Crippen LogP contribution in [0.2, 0.25) is 0 Å². The minimum Gasteiger partial charge on any atom is -0.507 e. The van der Waals surface area contributed by atoms with E-state index in [4.69, 9.17) is 4.74 Å². The van der Waals surface area contributed by atoms with Gasteiger partial charge in [-0.3, -0.25) is 4.79 Å². The highest BCUT2D eigenvalue weighted by Crippen LogP contribution is 2.17. The van der Waals surface area contributed by atoms with Crippen molar-refractivity contribution in [1.29, 1.82) is 0 Å². The number of hydrogen-bond donors (Lipinski definition) is 2. The summed E-state index contributed by atoms with van der Waals surface area (Å²) in [6.07, 6.45) is 2.50. The number of carbonyl (C=O) groups is 1. The molecule has 0 aliphatic heterocycles. The number of phenolic OH excluding ortho intramolecular Hbond substituents is 1. The van der Waals surface area contributed by atoms with Gasteiger partial charge in [-0.2, -0.15) is 0 Å². The molecule has 0 bridgehead atoms. The molecule has 0 aromatic heterocycles. The molecule has 1 amide bonds. The van der Waals surface area contributed by atoms with Crippen molar-refractivity contribution in [2.45, 2.75) is 6.42 Å². The smallest absolute Gasteiger partial charge is 0.255 e. The van der Waals surface area contributed by atoms with E-state index in [0.29, 0.717) is 19.8 Å². The van der Waals surface area contributed by atoms with Crippen LogP contribution in [-0.4, -0.2) is 30.8 Å². The molecule has 0 aliphatic carbocycles. The molecular weight excluding hydrogens is 237 g/mol. The van der Waals surface area contributed by atoms with Gasteiger partial charge < -0.3 is 15.2 Å². The summed E-state index contributed by atoms with van der Waals surface area (Å²) in [6.45, 7) is 4.81. The molecule has 1 rings (SSSR count). The standard InChI is InChI=1S/C13H16FNO3/c1-2-3-7-18-8-6-15-13(17)11-5-4-10(14)9-12(11)16/h2,4-5,9,16H,1,3,6-8H2,(H,15,17). The summed E-state index contributed by atoms with van der Waals surface area (Å²) in [7, 11) is 0. The lowest BCUT2D eigenvalue weighted by Gasteiger charge is -2.07. The summed E-state index contributed by atoms with van der Waals surface area (Å²) in [5.41, 5.74) is 0.0440. The van der Waals surface area contributed by atoms with Gasteiger partial charge in [0.05, 0.1) is 18.8 Å². The van der Waals surface area contributed by atoms with E-state index in [9.17, 15) is 14.3 Å². The molecule has 0 saturated heterocycles. The third-order valence-electron chi connectivity index (χ3n) is 2.20. The minimum absolute atomic E-state index is 0.0440. The molecule has 1 aromatic rings. The highest BCUT2D eigenvalue weighted by Gasteiger charge is 2.10. The van der Waals surface area contributed by atoms with E-state index in [2.05, 4.69) is 11.9 Å². The maximum absolute atomic E-state index is 12.7. The molecule has 0 unspecified atom stereocenters. The second kappa shape index (κ2) is 7.45. The predicted molar refractivity (Wildman–Crippen MR) is 66.0 cm³/mol. The van der Waals surface area contributed by atoms with Gasteiger partial charge in [-0.05, 0) is 18.6 Å². The van der Waals surface area contributed by atoms with E-state index in [1.807, 2.05) is 0 Å². The van der Waals surface area contributed by atoms with E-state index in [0.717, 1.165) is 18.6 Å². The zero-order valence-corrected chi connectivity index (χ0v) is 9.99. The summed E-state index contributed by atoms with van der Waals surface area (Å²) < 4.78 is 17.9. The fourth-order valence-corrected chi connectivity index (χ4v) is 1.30. The number of carbonyl (C=O) groups excluding carboxylic acids is 1. The molecule has 5 heteroatoms. The van der Waals surface area contributed by atoms with Crippen molar-refractivity contribution in [3.05, 3.63) is 42.2 Å². The highest BCUT2D eigenvalue weighted by molar-refractivity contribution is 5.96. The highest BCUT2D eigenvalue weighted by atomic mass is 19.1. The molecule has 2 N–H and O–H groups in total. The van der Waals surface area contributed by atoms with Gasteiger partial charge >= 0.3 is 0 Å². The summed E-state index contributed by atoms with van der Waals surface area (Å²) >= 11 is 0. The van der Waals surface area contributed by atoms with E-state index in [1.165, 1.54) is 6.07 Å². The van der Waals surface area contributed by atoms with Crippen LogP contribution in [0.25, 0.3) is 0 Å². The first-order chi connectivity index (χ1) is 8.65. The minimum atomic E-state index is -0.586. The van der Waals surface area contributed by atoms with Crippen LogP contribution in [0.1, 0.15) is 16.8 Å². The lowest BCUT2D eigenvalue weighted by Crippen LogP contribution is -2.27. The molecule has 0 atom stereocenters. The van der Waals surface area contributed by atoms with Gasteiger partial charge in [-0.1, -0.05) is 6.08 Å². The van der Waals surface area contributed by atoms with Crippen LogP contribution < -0.4 is 5.32 Å². The Morgan fingerprint density at radius 1 is 1.50 bits per heavy atom. The van der Waals surface area contributed by atoms with Crippen LogP contribution in [0.4, 0.5) is 4.39 Å². The molecular formula is C13H16FNO3. The Morgan fingerprint density at radius 2 is 2.28 bits per heavy atom. The summed E-state index contributed by atoms with van der Waals surface area (Å²) in [5.74, 6) is -1.42. The SMILES string of the molecule is C=CCCOCCNC(=O)c1ccc(F)cc1O. The molecule has 0 saturated carbocycles. The number of hydrogen-bond acceptors (Lipinski definition) is 3. The Morgan fingerprint density at radius 3 is 2.94 bits per heavy atom. The van der Waals surface area contributed by atoms with Crippen LogP contribution in [0.15, 0.2) is 30.9 Å². The lowest BCUT2D eigenvalue weighted by atomic mass is 10.2. The fraction of sp³-hybridized carbons (Fsp3) is 0.308. The van der Waals surface area contributed by atoms with Crippen molar-refractivity contribution in [1.82, 2.24) is 5.32 Å². The van der Waals surface area contributed by atoms with Crippen molar-refractivity contribution in [2.24, 2.45) is 0 Å². The zero-order valence-electron chi connectivity index (χ0n) is 9.99. The van der Waals surface area contributed by atoms with Crippen molar-refractivity contribution >= 4 is 5.91 Å². The molecule has 4 nitrogen and oxygen atoms in total. The summed E-state index contributed by atoms with van der Waals surface area (Å²) in [5, 5.41) is 12.0. The van der Waals surface area contributed by atoms with Crippen LogP contribution in [-0.2, 0) is 4.74 Å². The quantitative estimate of drug-likeness (QED) is 0.576. The third-order valence-corrected chi connectivity index (χ3v) is 2.20. The first-order valence-electron chi connectivity index (χ1n) is 5.60. The monoisotopic (exact) mass is 253 g/mol. The number of halogens is 1. The van der Waals surface area contributed by atoms with E-state index in [1.54, 1.807) is 6.08 Å². The molecule has 18 heavy (non-hydrogen) atoms. The number of benzene rings is 1. The average molecular weight is 253 g/mol. The Balaban J connectivity index is 2.34. The third kappa shape index (κ3) is 4.55. The Kier molecular flexibility index (Phi) is 5.87. The number of ether oxygens (including phenoxy) is 1. The number of nitrogens with one attached hydrogen (secondary N) is 1. The van der Waals surface area contributed by atoms with Gasteiger partial charge in [-0.25, -0.2) is 4.39 Å². The lowest BCUT2D eigenvalue weighted by molar-refractivity contribution is 0.0915. The van der Waals surface area contributed by atoms with Gasteiger partial charge in [0.1, 0.15) is 11.6 Å². The molecule has 0 fully saturated rings. The average Bonchev–Trinajstić information content (AvgIpc) is 2.33. The maximum Gasteiger partial charge on any atom is 0.255 e. The van der Waals surface area contributed by atoms with Crippen LogP contribution in [0.5, 0.6) is 5.75 Å². The molecule has 0 aliphatic rings. The number of aromatic hydroxyl groups is 1. The second-order valence-electron chi connectivity index (χ2n) is 3.61. The van der Waals surface area contributed by atoms with Gasteiger partial charge in [0.15, 0.2) is 0 Å². The van der Waals surface area contributed by atoms with Gasteiger partial charge in [0, 0.05) is 12.6 Å². The maximum atomic E-state index is 12.7. The second-order valence-corrected chi connectivity index (χ2v) is 3.61. The number of rotatable bonds is 7. The van der Waals surface area contributed by atoms with Crippen molar-refractivity contribution in [3.8, 4) is 5.75 Å². The predicted octanol–water partition coefficient (Wildman–Crippen LogP) is 1.85. The topological polar surface area (TPSA) is 58.6 Å². The van der Waals surface area contributed by atoms with Crippen molar-refractivity contribution < 1.29 is 19.0 Å². The molecule has 0 radical (unpaired) electrons. The Hall–Kier alpha value is -1.88. The summed E-state index contributed by atoms with van der Waals surface area (Å²) in [4.78, 5) is 11.6. The normalized spacial score (nSPS) is 10.1.